The highest BCUT2D eigenvalue weighted by Crippen LogP contribution is 2.30. The molecule has 0 aliphatic heterocycles. The SMILES string of the molecule is Cc1ccc(-n2c(-c3ncccc3Cl)nc(CNC3CCCC3)c2C)cn1. The summed E-state index contributed by atoms with van der Waals surface area (Å²) in [5, 5.41) is 4.26. The Morgan fingerprint density at radius 2 is 1.96 bits per heavy atom. The number of nitrogens with one attached hydrogen (secondary N) is 1. The lowest BCUT2D eigenvalue weighted by Gasteiger charge is -2.12. The fraction of sp³-hybridized carbons (Fsp3) is 0.381. The van der Waals surface area contributed by atoms with Crippen LogP contribution in [-0.4, -0.2) is 25.6 Å². The van der Waals surface area contributed by atoms with Gasteiger partial charge < -0.3 is 5.32 Å². The number of aromatic nitrogens is 4. The van der Waals surface area contributed by atoms with Crippen LogP contribution in [0.4, 0.5) is 0 Å². The zero-order valence-corrected chi connectivity index (χ0v) is 16.5. The van der Waals surface area contributed by atoms with Gasteiger partial charge >= 0.3 is 0 Å². The summed E-state index contributed by atoms with van der Waals surface area (Å²) < 4.78 is 2.10. The van der Waals surface area contributed by atoms with Crippen molar-refractivity contribution >= 4 is 11.6 Å². The van der Waals surface area contributed by atoms with Gasteiger partial charge in [-0.25, -0.2) is 4.98 Å². The van der Waals surface area contributed by atoms with E-state index in [-0.39, 0.29) is 0 Å². The molecule has 0 spiro atoms. The number of rotatable bonds is 5. The molecule has 6 heteroatoms. The van der Waals surface area contributed by atoms with Gasteiger partial charge in [0, 0.05) is 30.2 Å². The largest absolute Gasteiger partial charge is 0.308 e. The molecular weight excluding hydrogens is 358 g/mol. The molecule has 0 atom stereocenters. The van der Waals surface area contributed by atoms with Crippen molar-refractivity contribution in [2.75, 3.05) is 0 Å². The molecular formula is C21H24ClN5. The van der Waals surface area contributed by atoms with E-state index in [4.69, 9.17) is 16.6 Å². The maximum Gasteiger partial charge on any atom is 0.165 e. The van der Waals surface area contributed by atoms with Crippen molar-refractivity contribution in [1.29, 1.82) is 0 Å². The van der Waals surface area contributed by atoms with Crippen LogP contribution in [0.15, 0.2) is 36.7 Å². The predicted octanol–water partition coefficient (Wildman–Crippen LogP) is 4.63. The average Bonchev–Trinajstić information content (AvgIpc) is 3.29. The minimum Gasteiger partial charge on any atom is -0.308 e. The van der Waals surface area contributed by atoms with Crippen molar-refractivity contribution in [2.24, 2.45) is 0 Å². The monoisotopic (exact) mass is 381 g/mol. The van der Waals surface area contributed by atoms with Crippen molar-refractivity contribution in [2.45, 2.75) is 52.1 Å². The standard InChI is InChI=1S/C21H24ClN5/c1-14-9-10-17(12-24-14)27-15(2)19(13-25-16-6-3-4-7-16)26-21(27)20-18(22)8-5-11-23-20/h5,8-12,16,25H,3-4,6-7,13H2,1-2H3. The second-order valence-corrected chi connectivity index (χ2v) is 7.56. The highest BCUT2D eigenvalue weighted by molar-refractivity contribution is 6.32. The minimum atomic E-state index is 0.595. The third kappa shape index (κ3) is 3.75. The van der Waals surface area contributed by atoms with Crippen LogP contribution in [0.2, 0.25) is 5.02 Å². The Morgan fingerprint density at radius 1 is 1.15 bits per heavy atom. The second kappa shape index (κ2) is 7.79. The summed E-state index contributed by atoms with van der Waals surface area (Å²) in [4.78, 5) is 13.9. The first-order chi connectivity index (χ1) is 13.1. The molecule has 3 aromatic heterocycles. The number of imidazole rings is 1. The second-order valence-electron chi connectivity index (χ2n) is 7.16. The van der Waals surface area contributed by atoms with Crippen molar-refractivity contribution < 1.29 is 0 Å². The van der Waals surface area contributed by atoms with E-state index in [9.17, 15) is 0 Å². The molecule has 1 aliphatic carbocycles. The highest BCUT2D eigenvalue weighted by Gasteiger charge is 2.21. The first-order valence-corrected chi connectivity index (χ1v) is 9.87. The van der Waals surface area contributed by atoms with E-state index in [1.165, 1.54) is 25.7 Å². The molecule has 1 fully saturated rings. The van der Waals surface area contributed by atoms with Gasteiger partial charge in [0.15, 0.2) is 5.82 Å². The molecule has 27 heavy (non-hydrogen) atoms. The first-order valence-electron chi connectivity index (χ1n) is 9.49. The van der Waals surface area contributed by atoms with Crippen LogP contribution in [0, 0.1) is 13.8 Å². The number of aryl methyl sites for hydroxylation is 1. The van der Waals surface area contributed by atoms with E-state index < -0.39 is 0 Å². The molecule has 3 heterocycles. The Labute approximate surface area is 164 Å². The fourth-order valence-electron chi connectivity index (χ4n) is 3.70. The van der Waals surface area contributed by atoms with Crippen LogP contribution in [-0.2, 0) is 6.54 Å². The maximum absolute atomic E-state index is 6.44. The van der Waals surface area contributed by atoms with Gasteiger partial charge in [0.2, 0.25) is 0 Å². The van der Waals surface area contributed by atoms with Gasteiger partial charge in [-0.3, -0.25) is 14.5 Å². The summed E-state index contributed by atoms with van der Waals surface area (Å²) >= 11 is 6.44. The lowest BCUT2D eigenvalue weighted by molar-refractivity contribution is 0.519. The number of hydrogen-bond donors (Lipinski definition) is 1. The fourth-order valence-corrected chi connectivity index (χ4v) is 3.91. The smallest absolute Gasteiger partial charge is 0.165 e. The Bertz CT molecular complexity index is 926. The topological polar surface area (TPSA) is 55.6 Å². The van der Waals surface area contributed by atoms with Crippen molar-refractivity contribution in [3.63, 3.8) is 0 Å². The van der Waals surface area contributed by atoms with Crippen LogP contribution >= 0.6 is 11.6 Å². The van der Waals surface area contributed by atoms with Gasteiger partial charge in [0.05, 0.1) is 22.6 Å². The maximum atomic E-state index is 6.44. The molecule has 1 N–H and O–H groups in total. The predicted molar refractivity (Wildman–Crippen MR) is 108 cm³/mol. The third-order valence-electron chi connectivity index (χ3n) is 5.24. The lowest BCUT2D eigenvalue weighted by Crippen LogP contribution is -2.25. The van der Waals surface area contributed by atoms with E-state index in [2.05, 4.69) is 32.8 Å². The summed E-state index contributed by atoms with van der Waals surface area (Å²) in [5.74, 6) is 0.756. The van der Waals surface area contributed by atoms with Crippen LogP contribution in [0.25, 0.3) is 17.2 Å². The molecule has 0 radical (unpaired) electrons. The molecule has 1 saturated carbocycles. The molecule has 0 aromatic carbocycles. The molecule has 5 nitrogen and oxygen atoms in total. The van der Waals surface area contributed by atoms with Gasteiger partial charge in [-0.1, -0.05) is 24.4 Å². The summed E-state index contributed by atoms with van der Waals surface area (Å²) in [6.07, 6.45) is 8.75. The minimum absolute atomic E-state index is 0.595. The number of nitrogens with zero attached hydrogens (tertiary/aromatic N) is 4. The van der Waals surface area contributed by atoms with Gasteiger partial charge in [0.1, 0.15) is 5.69 Å². The van der Waals surface area contributed by atoms with Crippen molar-refractivity contribution in [3.8, 4) is 17.2 Å². The zero-order valence-electron chi connectivity index (χ0n) is 15.7. The van der Waals surface area contributed by atoms with Gasteiger partial charge in [-0.15, -0.1) is 0 Å². The van der Waals surface area contributed by atoms with Gasteiger partial charge in [0.25, 0.3) is 0 Å². The Hall–Kier alpha value is -2.24. The summed E-state index contributed by atoms with van der Waals surface area (Å²) in [5.41, 5.74) is 4.75. The van der Waals surface area contributed by atoms with Gasteiger partial charge in [-0.2, -0.15) is 0 Å². The van der Waals surface area contributed by atoms with Crippen molar-refractivity contribution in [1.82, 2.24) is 24.8 Å². The number of pyridine rings is 2. The van der Waals surface area contributed by atoms with Crippen LogP contribution in [0.5, 0.6) is 0 Å². The summed E-state index contributed by atoms with van der Waals surface area (Å²) in [6.45, 7) is 4.83. The molecule has 0 saturated heterocycles. The Morgan fingerprint density at radius 3 is 2.67 bits per heavy atom. The molecule has 1 aliphatic rings. The van der Waals surface area contributed by atoms with E-state index in [1.54, 1.807) is 6.20 Å². The normalized spacial score (nSPS) is 14.8. The van der Waals surface area contributed by atoms with E-state index >= 15 is 0 Å². The highest BCUT2D eigenvalue weighted by atomic mass is 35.5. The van der Waals surface area contributed by atoms with Crippen LogP contribution < -0.4 is 5.32 Å². The van der Waals surface area contributed by atoms with E-state index in [1.807, 2.05) is 31.3 Å². The summed E-state index contributed by atoms with van der Waals surface area (Å²) in [7, 11) is 0. The molecule has 0 bridgehead atoms. The van der Waals surface area contributed by atoms with Crippen molar-refractivity contribution in [3.05, 3.63) is 58.8 Å². The number of halogens is 1. The third-order valence-corrected chi connectivity index (χ3v) is 5.55. The Balaban J connectivity index is 1.76. The first kappa shape index (κ1) is 18.1. The zero-order chi connectivity index (χ0) is 18.8. The molecule has 0 amide bonds. The molecule has 3 aromatic rings. The summed E-state index contributed by atoms with van der Waals surface area (Å²) in [6, 6.07) is 8.35. The van der Waals surface area contributed by atoms with Crippen LogP contribution in [0.1, 0.15) is 42.8 Å². The average molecular weight is 382 g/mol. The number of hydrogen-bond acceptors (Lipinski definition) is 4. The van der Waals surface area contributed by atoms with Crippen LogP contribution in [0.3, 0.4) is 0 Å². The lowest BCUT2D eigenvalue weighted by atomic mass is 10.2. The van der Waals surface area contributed by atoms with Gasteiger partial charge in [-0.05, 0) is 51.0 Å². The molecule has 0 unspecified atom stereocenters. The van der Waals surface area contributed by atoms with E-state index in [0.717, 1.165) is 35.1 Å². The Kier molecular flexibility index (Phi) is 5.23. The quantitative estimate of drug-likeness (QED) is 0.699. The molecule has 140 valence electrons. The van der Waals surface area contributed by atoms with E-state index in [0.29, 0.717) is 16.8 Å². The molecule has 4 rings (SSSR count).